The number of anilines is 2. The number of nitrogens with one attached hydrogen (secondary N) is 2. The van der Waals surface area contributed by atoms with Crippen LogP contribution in [0.1, 0.15) is 30.8 Å². The Morgan fingerprint density at radius 3 is 2.34 bits per heavy atom. The van der Waals surface area contributed by atoms with Gasteiger partial charge in [-0.3, -0.25) is 19.6 Å². The molecule has 3 aromatic rings. The highest BCUT2D eigenvalue weighted by Crippen LogP contribution is 2.20. The van der Waals surface area contributed by atoms with Crippen molar-refractivity contribution in [3.05, 3.63) is 64.2 Å². The van der Waals surface area contributed by atoms with Crippen LogP contribution >= 0.6 is 0 Å². The van der Waals surface area contributed by atoms with E-state index in [0.29, 0.717) is 23.5 Å². The number of aryl methyl sites for hydroxylation is 2. The van der Waals surface area contributed by atoms with Crippen LogP contribution in [0, 0.1) is 24.0 Å². The molecule has 2 aromatic heterocycles. The molecule has 3 rings (SSSR count). The molecule has 32 heavy (non-hydrogen) atoms. The number of carbonyl (C=O) groups excluding carboxylic acids is 1. The first-order valence-electron chi connectivity index (χ1n) is 9.53. The van der Waals surface area contributed by atoms with Crippen molar-refractivity contribution in [2.45, 2.75) is 38.1 Å². The number of amides is 1. The number of sulfonamides is 1. The summed E-state index contributed by atoms with van der Waals surface area (Å²) in [7, 11) is -3.93. The van der Waals surface area contributed by atoms with Gasteiger partial charge in [-0.1, -0.05) is 6.92 Å². The van der Waals surface area contributed by atoms with Crippen LogP contribution in [-0.2, 0) is 14.8 Å². The molecule has 0 fully saturated rings. The van der Waals surface area contributed by atoms with Crippen LogP contribution in [0.25, 0.3) is 0 Å². The number of nitro groups is 1. The monoisotopic (exact) mass is 459 g/mol. The topological polar surface area (TPSA) is 162 Å². The Balaban J connectivity index is 1.72. The van der Waals surface area contributed by atoms with Crippen LogP contribution in [0.5, 0.6) is 0 Å². The van der Waals surface area contributed by atoms with Crippen LogP contribution < -0.4 is 10.0 Å². The normalized spacial score (nSPS) is 12.2. The van der Waals surface area contributed by atoms with Gasteiger partial charge in [0.05, 0.1) is 9.82 Å². The zero-order valence-corrected chi connectivity index (χ0v) is 18.3. The standard InChI is InChI=1S/C19H21N7O5S/c1-4-17(25-11-15(10-20-25)26(28)29)18(27)23-14-5-7-16(8-6-14)32(30,31)24-19-21-12(2)9-13(3)22-19/h5-11,17H,4H2,1-3H3,(H,23,27)(H,21,22,24). The Morgan fingerprint density at radius 2 is 1.81 bits per heavy atom. The van der Waals surface area contributed by atoms with Gasteiger partial charge < -0.3 is 5.32 Å². The Labute approximate surface area is 183 Å². The molecule has 0 saturated carbocycles. The molecule has 168 valence electrons. The molecule has 1 unspecified atom stereocenters. The second-order valence-electron chi connectivity index (χ2n) is 6.95. The van der Waals surface area contributed by atoms with Gasteiger partial charge in [0.15, 0.2) is 0 Å². The third-order valence-corrected chi connectivity index (χ3v) is 5.79. The molecule has 1 amide bonds. The number of benzene rings is 1. The van der Waals surface area contributed by atoms with E-state index in [1.807, 2.05) is 0 Å². The third-order valence-electron chi connectivity index (χ3n) is 4.45. The smallest absolute Gasteiger partial charge is 0.307 e. The first-order valence-corrected chi connectivity index (χ1v) is 11.0. The van der Waals surface area contributed by atoms with Crippen molar-refractivity contribution in [3.63, 3.8) is 0 Å². The maximum Gasteiger partial charge on any atom is 0.307 e. The molecule has 1 atom stereocenters. The second kappa shape index (κ2) is 9.09. The fourth-order valence-electron chi connectivity index (χ4n) is 2.98. The number of hydrogen-bond donors (Lipinski definition) is 2. The molecule has 0 radical (unpaired) electrons. The van der Waals surface area contributed by atoms with Gasteiger partial charge in [0.25, 0.3) is 10.0 Å². The second-order valence-corrected chi connectivity index (χ2v) is 8.64. The Bertz CT molecular complexity index is 1240. The molecule has 0 spiro atoms. The molecule has 0 saturated heterocycles. The van der Waals surface area contributed by atoms with E-state index in [4.69, 9.17) is 0 Å². The Hall–Kier alpha value is -3.87. The van der Waals surface area contributed by atoms with Crippen molar-refractivity contribution < 1.29 is 18.1 Å². The maximum atomic E-state index is 12.6. The summed E-state index contributed by atoms with van der Waals surface area (Å²) in [5, 5.41) is 17.4. The number of carbonyl (C=O) groups is 1. The summed E-state index contributed by atoms with van der Waals surface area (Å²) >= 11 is 0. The van der Waals surface area contributed by atoms with Gasteiger partial charge >= 0.3 is 5.69 Å². The molecule has 0 aliphatic rings. The molecule has 1 aromatic carbocycles. The molecule has 0 aliphatic heterocycles. The van der Waals surface area contributed by atoms with E-state index >= 15 is 0 Å². The fourth-order valence-corrected chi connectivity index (χ4v) is 3.92. The van der Waals surface area contributed by atoms with Gasteiger partial charge in [-0.25, -0.2) is 23.1 Å². The molecule has 12 nitrogen and oxygen atoms in total. The number of hydrogen-bond acceptors (Lipinski definition) is 8. The first-order chi connectivity index (χ1) is 15.1. The van der Waals surface area contributed by atoms with Gasteiger partial charge in [-0.15, -0.1) is 0 Å². The van der Waals surface area contributed by atoms with Gasteiger partial charge in [0.2, 0.25) is 11.9 Å². The van der Waals surface area contributed by atoms with Crippen molar-refractivity contribution in [2.24, 2.45) is 0 Å². The van der Waals surface area contributed by atoms with E-state index in [-0.39, 0.29) is 16.5 Å². The summed E-state index contributed by atoms with van der Waals surface area (Å²) in [4.78, 5) is 31.0. The van der Waals surface area contributed by atoms with Crippen LogP contribution in [0.15, 0.2) is 47.6 Å². The first kappa shape index (κ1) is 22.8. The summed E-state index contributed by atoms with van der Waals surface area (Å²) in [6.45, 7) is 5.21. The molecule has 13 heteroatoms. The molecule has 2 N–H and O–H groups in total. The average molecular weight is 459 g/mol. The van der Waals surface area contributed by atoms with Crippen LogP contribution in [-0.4, -0.2) is 39.0 Å². The van der Waals surface area contributed by atoms with E-state index < -0.39 is 26.9 Å². The van der Waals surface area contributed by atoms with Crippen molar-refractivity contribution in [2.75, 3.05) is 10.0 Å². The summed E-state index contributed by atoms with van der Waals surface area (Å²) in [5.41, 5.74) is 1.39. The van der Waals surface area contributed by atoms with E-state index in [2.05, 4.69) is 25.1 Å². The van der Waals surface area contributed by atoms with Crippen molar-refractivity contribution in [1.29, 1.82) is 0 Å². The van der Waals surface area contributed by atoms with Crippen molar-refractivity contribution in [3.8, 4) is 0 Å². The average Bonchev–Trinajstić information content (AvgIpc) is 3.18. The lowest BCUT2D eigenvalue weighted by atomic mass is 10.2. The zero-order valence-electron chi connectivity index (χ0n) is 17.5. The van der Waals surface area contributed by atoms with Gasteiger partial charge in [-0.05, 0) is 50.6 Å². The van der Waals surface area contributed by atoms with Crippen LogP contribution in [0.3, 0.4) is 0 Å². The highest BCUT2D eigenvalue weighted by molar-refractivity contribution is 7.92. The molecular formula is C19H21N7O5S. The van der Waals surface area contributed by atoms with Crippen molar-refractivity contribution in [1.82, 2.24) is 19.7 Å². The predicted molar refractivity (Wildman–Crippen MR) is 116 cm³/mol. The van der Waals surface area contributed by atoms with Gasteiger partial charge in [0, 0.05) is 17.1 Å². The molecule has 0 aliphatic carbocycles. The number of nitrogens with zero attached hydrogens (tertiary/aromatic N) is 5. The molecule has 2 heterocycles. The number of aromatic nitrogens is 4. The maximum absolute atomic E-state index is 12.6. The summed E-state index contributed by atoms with van der Waals surface area (Å²) in [6, 6.07) is 6.50. The van der Waals surface area contributed by atoms with E-state index in [1.165, 1.54) is 35.1 Å². The summed E-state index contributed by atoms with van der Waals surface area (Å²) in [5.74, 6) is -0.471. The van der Waals surface area contributed by atoms with Crippen LogP contribution in [0.4, 0.5) is 17.3 Å². The predicted octanol–water partition coefficient (Wildman–Crippen LogP) is 2.59. The number of rotatable bonds is 8. The summed E-state index contributed by atoms with van der Waals surface area (Å²) < 4.78 is 28.8. The minimum atomic E-state index is -3.93. The lowest BCUT2D eigenvalue weighted by molar-refractivity contribution is -0.385. The van der Waals surface area contributed by atoms with E-state index in [1.54, 1.807) is 26.8 Å². The lowest BCUT2D eigenvalue weighted by Crippen LogP contribution is -2.26. The lowest BCUT2D eigenvalue weighted by Gasteiger charge is -2.15. The highest BCUT2D eigenvalue weighted by Gasteiger charge is 2.22. The van der Waals surface area contributed by atoms with E-state index in [9.17, 15) is 23.3 Å². The summed E-state index contributed by atoms with van der Waals surface area (Å²) in [6.07, 6.45) is 2.60. The van der Waals surface area contributed by atoms with Crippen LogP contribution in [0.2, 0.25) is 0 Å². The minimum absolute atomic E-state index is 0.0287. The van der Waals surface area contributed by atoms with E-state index in [0.717, 1.165) is 6.20 Å². The zero-order chi connectivity index (χ0) is 23.5. The molecular weight excluding hydrogens is 438 g/mol. The largest absolute Gasteiger partial charge is 0.324 e. The highest BCUT2D eigenvalue weighted by atomic mass is 32.2. The van der Waals surface area contributed by atoms with Gasteiger partial charge in [0.1, 0.15) is 18.4 Å². The Morgan fingerprint density at radius 1 is 1.19 bits per heavy atom. The quantitative estimate of drug-likeness (QED) is 0.383. The SMILES string of the molecule is CCC(C(=O)Nc1ccc(S(=O)(=O)Nc2nc(C)cc(C)n2)cc1)n1cc([N+](=O)[O-])cn1. The van der Waals surface area contributed by atoms with Gasteiger partial charge in [-0.2, -0.15) is 5.10 Å². The third kappa shape index (κ3) is 5.24. The fraction of sp³-hybridized carbons (Fsp3) is 0.263. The minimum Gasteiger partial charge on any atom is -0.324 e. The molecule has 0 bridgehead atoms. The Kier molecular flexibility index (Phi) is 6.48. The van der Waals surface area contributed by atoms with Crippen molar-refractivity contribution >= 4 is 33.3 Å².